The third-order valence-electron chi connectivity index (χ3n) is 3.09. The van der Waals surface area contributed by atoms with Crippen molar-refractivity contribution in [3.05, 3.63) is 0 Å². The highest BCUT2D eigenvalue weighted by Crippen LogP contribution is 2.37. The molecule has 4 nitrogen and oxygen atoms in total. The van der Waals surface area contributed by atoms with Gasteiger partial charge in [0, 0.05) is 19.6 Å². The van der Waals surface area contributed by atoms with Crippen molar-refractivity contribution in [2.75, 3.05) is 19.8 Å². The number of carbonyl (C=O) groups excluding carboxylic acids is 1. The number of rotatable bonds is 3. The molecule has 0 saturated carbocycles. The molecule has 0 radical (unpaired) electrons. The molecule has 1 heterocycles. The Morgan fingerprint density at radius 1 is 1.69 bits per heavy atom. The molecule has 0 aromatic heterocycles. The van der Waals surface area contributed by atoms with E-state index in [0.717, 1.165) is 6.42 Å². The number of hydrogen-bond acceptors (Lipinski definition) is 3. The van der Waals surface area contributed by atoms with E-state index >= 15 is 0 Å². The van der Waals surface area contributed by atoms with Crippen molar-refractivity contribution in [3.8, 4) is 0 Å². The average molecular weight is 186 g/mol. The Balaban J connectivity index is 2.69. The van der Waals surface area contributed by atoms with E-state index in [-0.39, 0.29) is 11.3 Å². The van der Waals surface area contributed by atoms with Crippen LogP contribution in [0.25, 0.3) is 0 Å². The molecular formula is C9H18N2O2. The Kier molecular flexibility index (Phi) is 3.27. The van der Waals surface area contributed by atoms with Crippen molar-refractivity contribution >= 4 is 5.91 Å². The molecule has 1 rings (SSSR count). The number of carbonyl (C=O) groups is 1. The molecule has 76 valence electrons. The van der Waals surface area contributed by atoms with Gasteiger partial charge in [-0.2, -0.15) is 0 Å². The van der Waals surface area contributed by atoms with Gasteiger partial charge in [-0.05, 0) is 24.3 Å². The Hall–Kier alpha value is -0.610. The van der Waals surface area contributed by atoms with Gasteiger partial charge in [0.25, 0.3) is 0 Å². The van der Waals surface area contributed by atoms with Gasteiger partial charge in [0.1, 0.15) is 0 Å². The Morgan fingerprint density at radius 3 is 2.85 bits per heavy atom. The van der Waals surface area contributed by atoms with Crippen LogP contribution in [0.1, 0.15) is 19.8 Å². The zero-order valence-electron chi connectivity index (χ0n) is 8.08. The third kappa shape index (κ3) is 2.19. The summed E-state index contributed by atoms with van der Waals surface area (Å²) >= 11 is 0. The van der Waals surface area contributed by atoms with Crippen LogP contribution in [0.4, 0.5) is 0 Å². The topological polar surface area (TPSA) is 78.3 Å². The first-order chi connectivity index (χ1) is 6.10. The maximum Gasteiger partial charge on any atom is 0.218 e. The van der Waals surface area contributed by atoms with Gasteiger partial charge in [-0.3, -0.25) is 4.79 Å². The molecule has 2 atom stereocenters. The van der Waals surface area contributed by atoms with Crippen LogP contribution in [0.2, 0.25) is 0 Å². The first-order valence-corrected chi connectivity index (χ1v) is 4.67. The van der Waals surface area contributed by atoms with Crippen molar-refractivity contribution in [1.29, 1.82) is 0 Å². The predicted molar refractivity (Wildman–Crippen MR) is 49.9 cm³/mol. The summed E-state index contributed by atoms with van der Waals surface area (Å²) in [5.41, 5.74) is 10.8. The number of hydrogen-bond donors (Lipinski definition) is 2. The first-order valence-electron chi connectivity index (χ1n) is 4.67. The fourth-order valence-electron chi connectivity index (χ4n) is 1.94. The highest BCUT2D eigenvalue weighted by molar-refractivity contribution is 5.74. The van der Waals surface area contributed by atoms with Crippen LogP contribution in [0.3, 0.4) is 0 Å². The fourth-order valence-corrected chi connectivity index (χ4v) is 1.94. The van der Waals surface area contributed by atoms with E-state index in [1.807, 2.05) is 0 Å². The lowest BCUT2D eigenvalue weighted by Crippen LogP contribution is -2.45. The Labute approximate surface area is 78.6 Å². The van der Waals surface area contributed by atoms with Crippen LogP contribution in [0, 0.1) is 11.3 Å². The summed E-state index contributed by atoms with van der Waals surface area (Å²) in [6, 6.07) is 0. The van der Waals surface area contributed by atoms with Crippen LogP contribution in [-0.2, 0) is 9.53 Å². The van der Waals surface area contributed by atoms with Crippen LogP contribution in [0.15, 0.2) is 0 Å². The molecule has 0 aliphatic carbocycles. The summed E-state index contributed by atoms with van der Waals surface area (Å²) in [4.78, 5) is 10.9. The number of primary amides is 1. The summed E-state index contributed by atoms with van der Waals surface area (Å²) in [6.07, 6.45) is 1.22. The zero-order chi connectivity index (χ0) is 9.90. The average Bonchev–Trinajstić information content (AvgIpc) is 2.08. The minimum absolute atomic E-state index is 0.121. The maximum atomic E-state index is 10.9. The second-order valence-corrected chi connectivity index (χ2v) is 3.94. The van der Waals surface area contributed by atoms with Crippen LogP contribution in [-0.4, -0.2) is 25.7 Å². The zero-order valence-corrected chi connectivity index (χ0v) is 8.08. The lowest BCUT2D eigenvalue weighted by molar-refractivity contribution is -0.124. The predicted octanol–water partition coefficient (Wildman–Crippen LogP) is -0.137. The van der Waals surface area contributed by atoms with Crippen molar-refractivity contribution in [3.63, 3.8) is 0 Å². The second-order valence-electron chi connectivity index (χ2n) is 3.94. The standard InChI is InChI=1S/C9H18N2O2/c1-7-5-13-3-2-9(7,6-10)4-8(11)12/h7H,2-6,10H2,1H3,(H2,11,12). The lowest BCUT2D eigenvalue weighted by atomic mass is 9.70. The smallest absolute Gasteiger partial charge is 0.218 e. The molecule has 1 aliphatic heterocycles. The van der Waals surface area contributed by atoms with Gasteiger partial charge in [0.05, 0.1) is 0 Å². The maximum absolute atomic E-state index is 10.9. The van der Waals surface area contributed by atoms with Gasteiger partial charge in [0.2, 0.25) is 5.91 Å². The molecule has 0 bridgehead atoms. The molecule has 1 amide bonds. The largest absolute Gasteiger partial charge is 0.381 e. The Bertz CT molecular complexity index is 196. The molecule has 2 unspecified atom stereocenters. The monoisotopic (exact) mass is 186 g/mol. The van der Waals surface area contributed by atoms with Crippen molar-refractivity contribution < 1.29 is 9.53 Å². The summed E-state index contributed by atoms with van der Waals surface area (Å²) in [7, 11) is 0. The molecule has 0 aromatic carbocycles. The van der Waals surface area contributed by atoms with Gasteiger partial charge >= 0.3 is 0 Å². The number of ether oxygens (including phenoxy) is 1. The molecule has 1 saturated heterocycles. The summed E-state index contributed by atoms with van der Waals surface area (Å²) in [5, 5.41) is 0. The van der Waals surface area contributed by atoms with Crippen molar-refractivity contribution in [2.45, 2.75) is 19.8 Å². The Morgan fingerprint density at radius 2 is 2.38 bits per heavy atom. The minimum Gasteiger partial charge on any atom is -0.381 e. The summed E-state index contributed by atoms with van der Waals surface area (Å²) < 4.78 is 5.31. The van der Waals surface area contributed by atoms with Gasteiger partial charge in [-0.1, -0.05) is 6.92 Å². The van der Waals surface area contributed by atoms with Gasteiger partial charge in [0.15, 0.2) is 0 Å². The highest BCUT2D eigenvalue weighted by atomic mass is 16.5. The van der Waals surface area contributed by atoms with E-state index in [9.17, 15) is 4.79 Å². The molecule has 0 spiro atoms. The van der Waals surface area contributed by atoms with E-state index in [4.69, 9.17) is 16.2 Å². The highest BCUT2D eigenvalue weighted by Gasteiger charge is 2.38. The van der Waals surface area contributed by atoms with Gasteiger partial charge < -0.3 is 16.2 Å². The normalized spacial score (nSPS) is 34.5. The summed E-state index contributed by atoms with van der Waals surface area (Å²) in [5.74, 6) is 0.0537. The molecule has 4 heteroatoms. The van der Waals surface area contributed by atoms with Crippen LogP contribution < -0.4 is 11.5 Å². The van der Waals surface area contributed by atoms with E-state index in [1.165, 1.54) is 0 Å². The van der Waals surface area contributed by atoms with E-state index < -0.39 is 0 Å². The number of amides is 1. The van der Waals surface area contributed by atoms with Gasteiger partial charge in [-0.25, -0.2) is 0 Å². The molecule has 4 N–H and O–H groups in total. The molecule has 1 aliphatic rings. The third-order valence-corrected chi connectivity index (χ3v) is 3.09. The number of nitrogens with two attached hydrogens (primary N) is 2. The molecule has 0 aromatic rings. The molecule has 13 heavy (non-hydrogen) atoms. The quantitative estimate of drug-likeness (QED) is 0.644. The second kappa shape index (κ2) is 4.07. The summed E-state index contributed by atoms with van der Waals surface area (Å²) in [6.45, 7) is 3.95. The van der Waals surface area contributed by atoms with E-state index in [1.54, 1.807) is 0 Å². The SMILES string of the molecule is CC1COCCC1(CN)CC(N)=O. The first kappa shape index (κ1) is 10.5. The molecule has 1 fully saturated rings. The van der Waals surface area contributed by atoms with E-state index in [0.29, 0.717) is 32.1 Å². The van der Waals surface area contributed by atoms with Crippen molar-refractivity contribution in [1.82, 2.24) is 0 Å². The fraction of sp³-hybridized carbons (Fsp3) is 0.889. The van der Waals surface area contributed by atoms with Crippen molar-refractivity contribution in [2.24, 2.45) is 22.8 Å². The lowest BCUT2D eigenvalue weighted by Gasteiger charge is -2.40. The van der Waals surface area contributed by atoms with E-state index in [2.05, 4.69) is 6.92 Å². The minimum atomic E-state index is -0.265. The van der Waals surface area contributed by atoms with Crippen LogP contribution >= 0.6 is 0 Å². The van der Waals surface area contributed by atoms with Crippen LogP contribution in [0.5, 0.6) is 0 Å². The molecular weight excluding hydrogens is 168 g/mol. The van der Waals surface area contributed by atoms with Gasteiger partial charge in [-0.15, -0.1) is 0 Å².